The number of carboxylic acids is 1. The Bertz CT molecular complexity index is 661. The monoisotopic (exact) mass is 268 g/mol. The van der Waals surface area contributed by atoms with Crippen LogP contribution in [-0.2, 0) is 13.6 Å². The number of aromatic nitrogens is 4. The van der Waals surface area contributed by atoms with Gasteiger partial charge in [-0.3, -0.25) is 9.25 Å². The van der Waals surface area contributed by atoms with Crippen LogP contribution in [-0.4, -0.2) is 30.4 Å². The minimum atomic E-state index is -1.10. The smallest absolute Gasteiger partial charge is 0.347 e. The van der Waals surface area contributed by atoms with Gasteiger partial charge in [0.2, 0.25) is 0 Å². The van der Waals surface area contributed by atoms with Gasteiger partial charge in [-0.05, 0) is 0 Å². The average Bonchev–Trinajstić information content (AvgIpc) is 2.66. The molecule has 0 radical (unpaired) electrons. The first-order valence-electron chi connectivity index (χ1n) is 4.95. The topological polar surface area (TPSA) is 90.0 Å². The first-order chi connectivity index (χ1) is 8.49. The van der Waals surface area contributed by atoms with Crippen LogP contribution in [0, 0.1) is 0 Å². The molecule has 1 N–H and O–H groups in total. The van der Waals surface area contributed by atoms with Crippen LogP contribution < -0.4 is 5.69 Å². The molecule has 8 heteroatoms. The molecule has 0 fully saturated rings. The summed E-state index contributed by atoms with van der Waals surface area (Å²) in [7, 11) is 1.60. The van der Waals surface area contributed by atoms with E-state index in [1.54, 1.807) is 7.05 Å². The Hall–Kier alpha value is -2.15. The third-order valence-electron chi connectivity index (χ3n) is 2.44. The summed E-state index contributed by atoms with van der Waals surface area (Å²) in [6, 6.07) is 0. The van der Waals surface area contributed by atoms with E-state index < -0.39 is 11.7 Å². The molecule has 7 nitrogen and oxygen atoms in total. The molecule has 0 amide bonds. The number of halogens is 1. The zero-order chi connectivity index (χ0) is 13.3. The van der Waals surface area contributed by atoms with Gasteiger partial charge in [0.05, 0.1) is 29.7 Å². The summed E-state index contributed by atoms with van der Waals surface area (Å²) in [6.45, 7) is 0.0462. The predicted octanol–water partition coefficient (Wildman–Crippen LogP) is 0.377. The van der Waals surface area contributed by atoms with E-state index in [1.165, 1.54) is 27.8 Å². The fourth-order valence-electron chi connectivity index (χ4n) is 1.53. The first kappa shape index (κ1) is 12.3. The minimum absolute atomic E-state index is 0.0457. The van der Waals surface area contributed by atoms with Crippen LogP contribution in [0.15, 0.2) is 23.4 Å². The fourth-order valence-corrected chi connectivity index (χ4v) is 1.70. The van der Waals surface area contributed by atoms with Gasteiger partial charge in [0.1, 0.15) is 5.56 Å². The van der Waals surface area contributed by atoms with Crippen LogP contribution >= 0.6 is 11.6 Å². The van der Waals surface area contributed by atoms with E-state index in [0.29, 0.717) is 10.7 Å². The Kier molecular flexibility index (Phi) is 3.15. The Balaban J connectivity index is 2.46. The number of hydrogen-bond donors (Lipinski definition) is 1. The number of hydrogen-bond acceptors (Lipinski definition) is 4. The zero-order valence-corrected chi connectivity index (χ0v) is 10.1. The molecule has 0 bridgehead atoms. The molecule has 0 aliphatic carbocycles. The van der Waals surface area contributed by atoms with Crippen molar-refractivity contribution in [1.29, 1.82) is 0 Å². The number of rotatable bonds is 3. The average molecular weight is 269 g/mol. The fraction of sp³-hybridized carbons (Fsp3) is 0.200. The Morgan fingerprint density at radius 1 is 1.50 bits per heavy atom. The third-order valence-corrected chi connectivity index (χ3v) is 2.63. The molecule has 0 aliphatic rings. The molecule has 2 rings (SSSR count). The molecule has 2 aromatic heterocycles. The lowest BCUT2D eigenvalue weighted by atomic mass is 10.2. The molecular formula is C10H9ClN4O3. The summed E-state index contributed by atoms with van der Waals surface area (Å²) < 4.78 is 2.63. The van der Waals surface area contributed by atoms with E-state index in [2.05, 4.69) is 10.1 Å². The highest BCUT2D eigenvalue weighted by Gasteiger charge is 2.15. The second-order valence-corrected chi connectivity index (χ2v) is 4.05. The second-order valence-electron chi connectivity index (χ2n) is 3.62. The molecule has 2 heterocycles. The van der Waals surface area contributed by atoms with E-state index in [0.717, 1.165) is 0 Å². The third kappa shape index (κ3) is 2.25. The van der Waals surface area contributed by atoms with E-state index >= 15 is 0 Å². The van der Waals surface area contributed by atoms with Gasteiger partial charge in [-0.2, -0.15) is 5.10 Å². The maximum atomic E-state index is 11.5. The normalized spacial score (nSPS) is 10.6. The standard InChI is InChI=1S/C10H9ClN4O3/c1-14-8(7(3-13-14)9(16)17)5-15-4-6(11)2-12-10(15)18/h2-4H,5H2,1H3,(H,16,17). The molecule has 0 spiro atoms. The van der Waals surface area contributed by atoms with Gasteiger partial charge in [-0.15, -0.1) is 0 Å². The van der Waals surface area contributed by atoms with Crippen molar-refractivity contribution < 1.29 is 9.90 Å². The van der Waals surface area contributed by atoms with Crippen molar-refractivity contribution in [3.63, 3.8) is 0 Å². The summed E-state index contributed by atoms with van der Waals surface area (Å²) >= 11 is 5.74. The Labute approximate surface area is 106 Å². The van der Waals surface area contributed by atoms with Gasteiger partial charge < -0.3 is 5.11 Å². The van der Waals surface area contributed by atoms with Gasteiger partial charge in [0.25, 0.3) is 0 Å². The largest absolute Gasteiger partial charge is 0.478 e. The molecule has 2 aromatic rings. The van der Waals surface area contributed by atoms with Crippen molar-refractivity contribution in [2.24, 2.45) is 7.05 Å². The lowest BCUT2D eigenvalue weighted by Crippen LogP contribution is -2.24. The summed E-state index contributed by atoms with van der Waals surface area (Å²) in [6.07, 6.45) is 3.87. The highest BCUT2D eigenvalue weighted by molar-refractivity contribution is 6.30. The number of carboxylic acid groups (broad SMARTS) is 1. The second kappa shape index (κ2) is 4.61. The van der Waals surface area contributed by atoms with Crippen LogP contribution in [0.5, 0.6) is 0 Å². The SMILES string of the molecule is Cn1ncc(C(=O)O)c1Cn1cc(Cl)cnc1=O. The summed E-state index contributed by atoms with van der Waals surface area (Å²) in [5.41, 5.74) is -0.0602. The van der Waals surface area contributed by atoms with E-state index in [-0.39, 0.29) is 12.1 Å². The van der Waals surface area contributed by atoms with Crippen LogP contribution in [0.3, 0.4) is 0 Å². The summed E-state index contributed by atoms with van der Waals surface area (Å²) in [5, 5.41) is 13.2. The Morgan fingerprint density at radius 3 is 2.89 bits per heavy atom. The van der Waals surface area contributed by atoms with Crippen molar-refractivity contribution >= 4 is 17.6 Å². The van der Waals surface area contributed by atoms with E-state index in [9.17, 15) is 9.59 Å². The van der Waals surface area contributed by atoms with E-state index in [4.69, 9.17) is 16.7 Å². The number of aromatic carboxylic acids is 1. The molecule has 0 atom stereocenters. The molecule has 0 saturated carbocycles. The molecule has 0 aliphatic heterocycles. The van der Waals surface area contributed by atoms with Gasteiger partial charge in [-0.1, -0.05) is 11.6 Å². The van der Waals surface area contributed by atoms with Crippen molar-refractivity contribution in [3.8, 4) is 0 Å². The van der Waals surface area contributed by atoms with Crippen LogP contribution in [0.2, 0.25) is 5.02 Å². The van der Waals surface area contributed by atoms with Crippen LogP contribution in [0.4, 0.5) is 0 Å². The van der Waals surface area contributed by atoms with Crippen molar-refractivity contribution in [1.82, 2.24) is 19.3 Å². The molecular weight excluding hydrogens is 260 g/mol. The number of aryl methyl sites for hydroxylation is 1. The first-order valence-corrected chi connectivity index (χ1v) is 5.33. The van der Waals surface area contributed by atoms with Gasteiger partial charge in [-0.25, -0.2) is 14.6 Å². The quantitative estimate of drug-likeness (QED) is 0.869. The Morgan fingerprint density at radius 2 is 2.22 bits per heavy atom. The summed E-state index contributed by atoms with van der Waals surface area (Å²) in [5.74, 6) is -1.10. The molecule has 0 unspecified atom stereocenters. The van der Waals surface area contributed by atoms with E-state index in [1.807, 2.05) is 0 Å². The number of carbonyl (C=O) groups is 1. The van der Waals surface area contributed by atoms with Crippen molar-refractivity contribution in [2.45, 2.75) is 6.54 Å². The van der Waals surface area contributed by atoms with Gasteiger partial charge in [0, 0.05) is 13.2 Å². The van der Waals surface area contributed by atoms with Crippen LogP contribution in [0.25, 0.3) is 0 Å². The van der Waals surface area contributed by atoms with Gasteiger partial charge >= 0.3 is 11.7 Å². The molecule has 18 heavy (non-hydrogen) atoms. The lowest BCUT2D eigenvalue weighted by Gasteiger charge is -2.06. The number of nitrogens with zero attached hydrogens (tertiary/aromatic N) is 4. The van der Waals surface area contributed by atoms with Gasteiger partial charge in [0.15, 0.2) is 0 Å². The highest BCUT2D eigenvalue weighted by Crippen LogP contribution is 2.10. The molecule has 0 aromatic carbocycles. The van der Waals surface area contributed by atoms with Crippen molar-refractivity contribution in [3.05, 3.63) is 45.4 Å². The minimum Gasteiger partial charge on any atom is -0.478 e. The molecule has 94 valence electrons. The maximum absolute atomic E-state index is 11.5. The summed E-state index contributed by atoms with van der Waals surface area (Å²) in [4.78, 5) is 26.1. The lowest BCUT2D eigenvalue weighted by molar-refractivity contribution is 0.0695. The van der Waals surface area contributed by atoms with Crippen molar-refractivity contribution in [2.75, 3.05) is 0 Å². The molecule has 0 saturated heterocycles. The zero-order valence-electron chi connectivity index (χ0n) is 9.37. The predicted molar refractivity (Wildman–Crippen MR) is 62.8 cm³/mol. The highest BCUT2D eigenvalue weighted by atomic mass is 35.5. The van der Waals surface area contributed by atoms with Crippen LogP contribution in [0.1, 0.15) is 16.1 Å². The maximum Gasteiger partial charge on any atom is 0.347 e.